The maximum absolute atomic E-state index is 5.98. The highest BCUT2D eigenvalue weighted by molar-refractivity contribution is 5.82. The first-order valence-electron chi connectivity index (χ1n) is 9.40. The molecule has 0 unspecified atom stereocenters. The lowest BCUT2D eigenvalue weighted by Gasteiger charge is -2.26. The number of nitrogens with two attached hydrogens (primary N) is 1. The molecule has 7 heteroatoms. The summed E-state index contributed by atoms with van der Waals surface area (Å²) < 4.78 is 11.0. The van der Waals surface area contributed by atoms with Gasteiger partial charge in [0.2, 0.25) is 5.88 Å². The summed E-state index contributed by atoms with van der Waals surface area (Å²) in [6, 6.07) is 18.3. The predicted molar refractivity (Wildman–Crippen MR) is 110 cm³/mol. The highest BCUT2D eigenvalue weighted by atomic mass is 16.7. The minimum Gasteiger partial charge on any atom is -0.479 e. The van der Waals surface area contributed by atoms with Crippen molar-refractivity contribution in [3.8, 4) is 17.0 Å². The second kappa shape index (κ2) is 7.10. The van der Waals surface area contributed by atoms with Gasteiger partial charge in [0.15, 0.2) is 5.58 Å². The van der Waals surface area contributed by atoms with Gasteiger partial charge in [-0.3, -0.25) is 4.84 Å². The second-order valence-corrected chi connectivity index (χ2v) is 6.86. The SMILES string of the molecule is COc1ncc(-c2ccc3nc(N)oc3c2)cc1N1OCC[C@H]1c1ccccc1. The van der Waals surface area contributed by atoms with Gasteiger partial charge in [-0.1, -0.05) is 36.4 Å². The third-order valence-electron chi connectivity index (χ3n) is 5.09. The number of methoxy groups -OCH3 is 1. The number of ether oxygens (including phenoxy) is 1. The van der Waals surface area contributed by atoms with Crippen molar-refractivity contribution in [3.05, 3.63) is 66.4 Å². The molecule has 5 rings (SSSR count). The first-order valence-corrected chi connectivity index (χ1v) is 9.40. The molecular formula is C22H20N4O3. The number of oxazole rings is 1. The first kappa shape index (κ1) is 17.5. The number of pyridine rings is 1. The van der Waals surface area contributed by atoms with E-state index in [0.717, 1.165) is 28.8 Å². The molecule has 29 heavy (non-hydrogen) atoms. The summed E-state index contributed by atoms with van der Waals surface area (Å²) in [6.07, 6.45) is 2.66. The molecule has 0 spiro atoms. The fourth-order valence-electron chi connectivity index (χ4n) is 3.72. The van der Waals surface area contributed by atoms with E-state index < -0.39 is 0 Å². The quantitative estimate of drug-likeness (QED) is 0.556. The highest BCUT2D eigenvalue weighted by Gasteiger charge is 2.30. The Labute approximate surface area is 167 Å². The summed E-state index contributed by atoms with van der Waals surface area (Å²) in [6.45, 7) is 0.635. The van der Waals surface area contributed by atoms with Crippen molar-refractivity contribution in [3.63, 3.8) is 0 Å². The standard InChI is InChI=1S/C22H20N4O3/c1-27-21-19(26-18(9-10-28-26)14-5-3-2-4-6-14)11-16(13-24-21)15-7-8-17-20(12-15)29-22(23)25-17/h2-8,11-13,18H,9-10H2,1H3,(H2,23,25)/t18-/m0/s1. The zero-order valence-electron chi connectivity index (χ0n) is 15.9. The van der Waals surface area contributed by atoms with Gasteiger partial charge in [-0.05, 0) is 29.3 Å². The number of hydrogen-bond acceptors (Lipinski definition) is 7. The van der Waals surface area contributed by atoms with Gasteiger partial charge >= 0.3 is 0 Å². The van der Waals surface area contributed by atoms with E-state index in [4.69, 9.17) is 19.7 Å². The predicted octanol–water partition coefficient (Wildman–Crippen LogP) is 4.36. The molecule has 0 saturated carbocycles. The lowest BCUT2D eigenvalue weighted by Crippen LogP contribution is -2.22. The third-order valence-corrected chi connectivity index (χ3v) is 5.09. The van der Waals surface area contributed by atoms with Crippen molar-refractivity contribution < 1.29 is 14.0 Å². The number of nitrogen functional groups attached to an aromatic ring is 1. The minimum atomic E-state index is 0.0960. The molecule has 1 saturated heterocycles. The second-order valence-electron chi connectivity index (χ2n) is 6.86. The number of rotatable bonds is 4. The lowest BCUT2D eigenvalue weighted by molar-refractivity contribution is 0.156. The summed E-state index contributed by atoms with van der Waals surface area (Å²) in [5.41, 5.74) is 10.9. The Morgan fingerprint density at radius 3 is 2.79 bits per heavy atom. The number of aromatic nitrogens is 2. The van der Waals surface area contributed by atoms with Gasteiger partial charge in [-0.15, -0.1) is 0 Å². The molecule has 2 N–H and O–H groups in total. The minimum absolute atomic E-state index is 0.0960. The molecule has 2 aromatic carbocycles. The largest absolute Gasteiger partial charge is 0.479 e. The van der Waals surface area contributed by atoms with E-state index in [1.807, 2.05) is 47.5 Å². The molecular weight excluding hydrogens is 368 g/mol. The van der Waals surface area contributed by atoms with Crippen LogP contribution in [0.3, 0.4) is 0 Å². The van der Waals surface area contributed by atoms with E-state index in [2.05, 4.69) is 22.1 Å². The zero-order valence-corrected chi connectivity index (χ0v) is 15.9. The van der Waals surface area contributed by atoms with Crippen molar-refractivity contribution in [1.29, 1.82) is 0 Å². The van der Waals surface area contributed by atoms with E-state index in [-0.39, 0.29) is 12.1 Å². The molecule has 1 fully saturated rings. The topological polar surface area (TPSA) is 86.6 Å². The monoisotopic (exact) mass is 388 g/mol. The number of nitrogens with zero attached hydrogens (tertiary/aromatic N) is 3. The zero-order chi connectivity index (χ0) is 19.8. The fourth-order valence-corrected chi connectivity index (χ4v) is 3.72. The van der Waals surface area contributed by atoms with Gasteiger partial charge in [0.25, 0.3) is 6.01 Å². The molecule has 3 heterocycles. The van der Waals surface area contributed by atoms with Crippen molar-refractivity contribution >= 4 is 22.8 Å². The Morgan fingerprint density at radius 1 is 1.10 bits per heavy atom. The summed E-state index contributed by atoms with van der Waals surface area (Å²) in [5, 5.41) is 1.90. The first-order chi connectivity index (χ1) is 14.2. The van der Waals surface area contributed by atoms with E-state index in [9.17, 15) is 0 Å². The molecule has 0 radical (unpaired) electrons. The normalized spacial score (nSPS) is 16.4. The maximum Gasteiger partial charge on any atom is 0.292 e. The van der Waals surface area contributed by atoms with Crippen LogP contribution in [0.5, 0.6) is 5.88 Å². The summed E-state index contributed by atoms with van der Waals surface area (Å²) in [5.74, 6) is 0.515. The van der Waals surface area contributed by atoms with Crippen LogP contribution in [0.15, 0.2) is 65.2 Å². The molecule has 0 amide bonds. The van der Waals surface area contributed by atoms with Crippen molar-refractivity contribution in [2.45, 2.75) is 12.5 Å². The molecule has 1 atom stereocenters. The van der Waals surface area contributed by atoms with Gasteiger partial charge in [-0.25, -0.2) is 10.0 Å². The van der Waals surface area contributed by atoms with Gasteiger partial charge in [-0.2, -0.15) is 4.98 Å². The molecule has 1 aliphatic heterocycles. The van der Waals surface area contributed by atoms with Crippen LogP contribution >= 0.6 is 0 Å². The number of hydrogen-bond donors (Lipinski definition) is 1. The average molecular weight is 388 g/mol. The Kier molecular flexibility index (Phi) is 4.29. The van der Waals surface area contributed by atoms with Gasteiger partial charge in [0, 0.05) is 18.2 Å². The molecule has 0 aliphatic carbocycles. The van der Waals surface area contributed by atoms with Gasteiger partial charge in [0.1, 0.15) is 11.2 Å². The summed E-state index contributed by atoms with van der Waals surface area (Å²) >= 11 is 0. The van der Waals surface area contributed by atoms with Crippen LogP contribution < -0.4 is 15.5 Å². The van der Waals surface area contributed by atoms with Crippen molar-refractivity contribution in [1.82, 2.24) is 9.97 Å². The van der Waals surface area contributed by atoms with Crippen molar-refractivity contribution in [2.75, 3.05) is 24.5 Å². The Hall–Kier alpha value is -3.58. The van der Waals surface area contributed by atoms with Crippen LogP contribution in [-0.4, -0.2) is 23.7 Å². The number of hydroxylamine groups is 1. The molecule has 2 aromatic heterocycles. The Balaban J connectivity index is 1.57. The van der Waals surface area contributed by atoms with E-state index in [1.165, 1.54) is 5.56 Å². The lowest BCUT2D eigenvalue weighted by atomic mass is 10.0. The van der Waals surface area contributed by atoms with Crippen LogP contribution in [0.25, 0.3) is 22.2 Å². The molecule has 7 nitrogen and oxygen atoms in total. The smallest absolute Gasteiger partial charge is 0.292 e. The highest BCUT2D eigenvalue weighted by Crippen LogP contribution is 2.40. The van der Waals surface area contributed by atoms with Crippen molar-refractivity contribution in [2.24, 2.45) is 0 Å². The molecule has 146 valence electrons. The van der Waals surface area contributed by atoms with Crippen LogP contribution in [0.1, 0.15) is 18.0 Å². The van der Waals surface area contributed by atoms with Crippen LogP contribution in [0.4, 0.5) is 11.7 Å². The van der Waals surface area contributed by atoms with E-state index in [1.54, 1.807) is 13.3 Å². The third kappa shape index (κ3) is 3.15. The maximum atomic E-state index is 5.98. The Morgan fingerprint density at radius 2 is 1.97 bits per heavy atom. The average Bonchev–Trinajstić information content (AvgIpc) is 3.39. The van der Waals surface area contributed by atoms with Gasteiger partial charge in [0.05, 0.1) is 19.8 Å². The summed E-state index contributed by atoms with van der Waals surface area (Å²) in [4.78, 5) is 14.6. The number of fused-ring (bicyclic) bond motifs is 1. The van der Waals surface area contributed by atoms with Crippen LogP contribution in [0.2, 0.25) is 0 Å². The van der Waals surface area contributed by atoms with Crippen LogP contribution in [-0.2, 0) is 4.84 Å². The number of anilines is 2. The van der Waals surface area contributed by atoms with E-state index >= 15 is 0 Å². The van der Waals surface area contributed by atoms with Gasteiger partial charge < -0.3 is 14.9 Å². The molecule has 4 aromatic rings. The molecule has 1 aliphatic rings. The fraction of sp³-hybridized carbons (Fsp3) is 0.182. The molecule has 0 bridgehead atoms. The summed E-state index contributed by atoms with van der Waals surface area (Å²) in [7, 11) is 1.61. The number of benzene rings is 2. The van der Waals surface area contributed by atoms with E-state index in [0.29, 0.717) is 18.1 Å². The Bertz CT molecular complexity index is 1160. The van der Waals surface area contributed by atoms with Crippen LogP contribution in [0, 0.1) is 0 Å².